The van der Waals surface area contributed by atoms with Gasteiger partial charge in [0.05, 0.1) is 5.02 Å². The van der Waals surface area contributed by atoms with Gasteiger partial charge in [-0.3, -0.25) is 4.79 Å². The molecule has 0 heterocycles. The van der Waals surface area contributed by atoms with E-state index in [0.29, 0.717) is 16.5 Å². The lowest BCUT2D eigenvalue weighted by Crippen LogP contribution is -2.42. The van der Waals surface area contributed by atoms with Crippen molar-refractivity contribution in [1.29, 1.82) is 0 Å². The molecule has 2 atom stereocenters. The summed E-state index contributed by atoms with van der Waals surface area (Å²) in [6.45, 7) is 0. The quantitative estimate of drug-likeness (QED) is 0.715. The predicted octanol–water partition coefficient (Wildman–Crippen LogP) is 4.79. The van der Waals surface area contributed by atoms with Crippen molar-refractivity contribution in [2.24, 2.45) is 5.92 Å². The molecule has 1 N–H and O–H groups in total. The fraction of sp³-hybridized carbons (Fsp3) is 0.500. The fourth-order valence-corrected chi connectivity index (χ4v) is 3.74. The Labute approximate surface area is 135 Å². The van der Waals surface area contributed by atoms with Crippen molar-refractivity contribution in [3.05, 3.63) is 33.3 Å². The van der Waals surface area contributed by atoms with Gasteiger partial charge in [0.1, 0.15) is 0 Å². The van der Waals surface area contributed by atoms with Gasteiger partial charge in [0.25, 0.3) is 5.91 Å². The monoisotopic (exact) mass is 407 g/mol. The number of hydrogen-bond acceptors (Lipinski definition) is 1. The molecular weight excluding hydrogens is 393 g/mol. The molecule has 2 nitrogen and oxygen atoms in total. The highest BCUT2D eigenvalue weighted by Gasteiger charge is 2.25. The van der Waals surface area contributed by atoms with Crippen LogP contribution in [0.25, 0.3) is 0 Å². The molecule has 0 radical (unpaired) electrons. The Kier molecular flexibility index (Phi) is 5.72. The van der Waals surface area contributed by atoms with Gasteiger partial charge in [-0.1, -0.05) is 40.4 Å². The van der Waals surface area contributed by atoms with Crippen molar-refractivity contribution in [2.45, 2.75) is 31.7 Å². The summed E-state index contributed by atoms with van der Waals surface area (Å²) >= 11 is 12.8. The Bertz CT molecular complexity index is 467. The topological polar surface area (TPSA) is 29.1 Å². The number of halogens is 3. The Morgan fingerprint density at radius 1 is 1.37 bits per heavy atom. The zero-order chi connectivity index (χ0) is 13.8. The second-order valence-corrected chi connectivity index (χ2v) is 6.82. The van der Waals surface area contributed by atoms with E-state index in [9.17, 15) is 4.79 Å². The van der Waals surface area contributed by atoms with Crippen LogP contribution in [0.1, 0.15) is 36.0 Å². The minimum Gasteiger partial charge on any atom is -0.349 e. The van der Waals surface area contributed by atoms with Crippen LogP contribution in [0.2, 0.25) is 5.02 Å². The zero-order valence-electron chi connectivity index (χ0n) is 10.5. The third-order valence-electron chi connectivity index (χ3n) is 3.61. The first-order valence-electron chi connectivity index (χ1n) is 6.43. The Morgan fingerprint density at radius 2 is 2.11 bits per heavy atom. The number of alkyl halides is 1. The van der Waals surface area contributed by atoms with E-state index in [1.165, 1.54) is 19.3 Å². The van der Waals surface area contributed by atoms with Crippen molar-refractivity contribution >= 4 is 49.4 Å². The molecule has 2 unspecified atom stereocenters. The van der Waals surface area contributed by atoms with E-state index in [0.717, 1.165) is 16.2 Å². The van der Waals surface area contributed by atoms with Crippen LogP contribution in [0.5, 0.6) is 0 Å². The molecule has 5 heteroatoms. The number of amides is 1. The normalized spacial score (nSPS) is 23.1. The summed E-state index contributed by atoms with van der Waals surface area (Å²) in [5.74, 6) is 0.517. The van der Waals surface area contributed by atoms with Crippen LogP contribution in [0.15, 0.2) is 22.7 Å². The zero-order valence-corrected chi connectivity index (χ0v) is 14.4. The van der Waals surface area contributed by atoms with Crippen LogP contribution in [-0.4, -0.2) is 17.3 Å². The molecule has 1 amide bonds. The summed E-state index contributed by atoms with van der Waals surface area (Å²) in [7, 11) is 0. The average Bonchev–Trinajstić information content (AvgIpc) is 2.42. The molecule has 19 heavy (non-hydrogen) atoms. The smallest absolute Gasteiger partial charge is 0.251 e. The molecule has 0 bridgehead atoms. The molecular formula is C14H16Br2ClNO. The van der Waals surface area contributed by atoms with Crippen molar-refractivity contribution in [3.8, 4) is 0 Å². The van der Waals surface area contributed by atoms with E-state index in [1.54, 1.807) is 18.2 Å². The van der Waals surface area contributed by atoms with E-state index in [2.05, 4.69) is 37.2 Å². The molecule has 0 spiro atoms. The minimum absolute atomic E-state index is 0.0183. The van der Waals surface area contributed by atoms with Gasteiger partial charge in [-0.15, -0.1) is 0 Å². The molecule has 2 rings (SSSR count). The van der Waals surface area contributed by atoms with Crippen LogP contribution in [0.4, 0.5) is 0 Å². The molecule has 0 saturated heterocycles. The Hall–Kier alpha value is -0.0600. The van der Waals surface area contributed by atoms with Gasteiger partial charge in [0.15, 0.2) is 0 Å². The highest BCUT2D eigenvalue weighted by atomic mass is 79.9. The van der Waals surface area contributed by atoms with Gasteiger partial charge in [-0.2, -0.15) is 0 Å². The van der Waals surface area contributed by atoms with Crippen molar-refractivity contribution in [3.63, 3.8) is 0 Å². The van der Waals surface area contributed by atoms with Gasteiger partial charge in [0.2, 0.25) is 0 Å². The maximum absolute atomic E-state index is 12.2. The molecule has 1 aromatic carbocycles. The second-order valence-electron chi connectivity index (χ2n) is 4.91. The first-order valence-corrected chi connectivity index (χ1v) is 8.73. The Balaban J connectivity index is 2.05. The standard InChI is InChI=1S/C14H16Br2ClNO/c15-8-10-3-1-2-4-13(10)18-14(19)9-5-6-12(17)11(16)7-9/h5-7,10,13H,1-4,8H2,(H,18,19). The minimum atomic E-state index is -0.0183. The van der Waals surface area contributed by atoms with Crippen LogP contribution in [-0.2, 0) is 0 Å². The molecule has 1 aliphatic carbocycles. The number of nitrogens with one attached hydrogen (secondary N) is 1. The summed E-state index contributed by atoms with van der Waals surface area (Å²) in [6, 6.07) is 5.54. The number of carbonyl (C=O) groups excluding carboxylic acids is 1. The first kappa shape index (κ1) is 15.3. The number of benzene rings is 1. The van der Waals surface area contributed by atoms with Gasteiger partial charge in [-0.05, 0) is 52.9 Å². The molecule has 1 aromatic rings. The van der Waals surface area contributed by atoms with Crippen molar-refractivity contribution in [1.82, 2.24) is 5.32 Å². The first-order chi connectivity index (χ1) is 9.11. The maximum atomic E-state index is 12.2. The molecule has 1 fully saturated rings. The van der Waals surface area contributed by atoms with E-state index in [1.807, 2.05) is 0 Å². The molecule has 0 aromatic heterocycles. The maximum Gasteiger partial charge on any atom is 0.251 e. The van der Waals surface area contributed by atoms with Gasteiger partial charge in [0, 0.05) is 21.4 Å². The highest BCUT2D eigenvalue weighted by Crippen LogP contribution is 2.27. The summed E-state index contributed by atoms with van der Waals surface area (Å²) in [4.78, 5) is 12.2. The number of carbonyl (C=O) groups is 1. The fourth-order valence-electron chi connectivity index (χ4n) is 2.47. The van der Waals surface area contributed by atoms with Crippen molar-refractivity contribution in [2.75, 3.05) is 5.33 Å². The van der Waals surface area contributed by atoms with E-state index < -0.39 is 0 Å². The van der Waals surface area contributed by atoms with Gasteiger partial charge >= 0.3 is 0 Å². The summed E-state index contributed by atoms with van der Waals surface area (Å²) in [6.07, 6.45) is 4.70. The summed E-state index contributed by atoms with van der Waals surface area (Å²) in [5, 5.41) is 4.71. The lowest BCUT2D eigenvalue weighted by molar-refractivity contribution is 0.0911. The molecule has 0 aliphatic heterocycles. The lowest BCUT2D eigenvalue weighted by atomic mass is 9.86. The number of rotatable bonds is 3. The van der Waals surface area contributed by atoms with E-state index >= 15 is 0 Å². The van der Waals surface area contributed by atoms with E-state index in [4.69, 9.17) is 11.6 Å². The third-order valence-corrected chi connectivity index (χ3v) is 5.65. The number of hydrogen-bond donors (Lipinski definition) is 1. The van der Waals surface area contributed by atoms with Crippen molar-refractivity contribution < 1.29 is 4.79 Å². The highest BCUT2D eigenvalue weighted by molar-refractivity contribution is 9.10. The van der Waals surface area contributed by atoms with E-state index in [-0.39, 0.29) is 11.9 Å². The molecule has 1 saturated carbocycles. The van der Waals surface area contributed by atoms with Crippen LogP contribution >= 0.6 is 43.5 Å². The molecule has 104 valence electrons. The van der Waals surface area contributed by atoms with Gasteiger partial charge in [-0.25, -0.2) is 0 Å². The van der Waals surface area contributed by atoms with Gasteiger partial charge < -0.3 is 5.32 Å². The second kappa shape index (κ2) is 7.09. The Morgan fingerprint density at radius 3 is 2.79 bits per heavy atom. The predicted molar refractivity (Wildman–Crippen MR) is 86.2 cm³/mol. The van der Waals surface area contributed by atoms with Crippen LogP contribution in [0, 0.1) is 5.92 Å². The van der Waals surface area contributed by atoms with Crippen LogP contribution in [0.3, 0.4) is 0 Å². The lowest BCUT2D eigenvalue weighted by Gasteiger charge is -2.31. The molecule has 1 aliphatic rings. The third kappa shape index (κ3) is 3.96. The average molecular weight is 410 g/mol. The summed E-state index contributed by atoms with van der Waals surface area (Å²) in [5.41, 5.74) is 0.648. The largest absolute Gasteiger partial charge is 0.349 e. The SMILES string of the molecule is O=C(NC1CCCCC1CBr)c1ccc(Cl)c(Br)c1. The summed E-state index contributed by atoms with van der Waals surface area (Å²) < 4.78 is 0.752. The van der Waals surface area contributed by atoms with Crippen LogP contribution < -0.4 is 5.32 Å².